The summed E-state index contributed by atoms with van der Waals surface area (Å²) in [7, 11) is 0. The van der Waals surface area contributed by atoms with Gasteiger partial charge in [-0.3, -0.25) is 10.1 Å². The molecule has 3 nitrogen and oxygen atoms in total. The highest BCUT2D eigenvalue weighted by atomic mass is 16.2. The molecule has 1 saturated carbocycles. The highest BCUT2D eigenvalue weighted by Gasteiger charge is 2.38. The number of amides is 1. The summed E-state index contributed by atoms with van der Waals surface area (Å²) in [4.78, 5) is 14.5. The molecule has 2 fully saturated rings. The molecule has 0 radical (unpaired) electrons. The molecule has 104 valence electrons. The van der Waals surface area contributed by atoms with E-state index < -0.39 is 0 Å². The van der Waals surface area contributed by atoms with E-state index in [0.29, 0.717) is 11.8 Å². The highest BCUT2D eigenvalue weighted by Crippen LogP contribution is 2.33. The normalized spacial score (nSPS) is 28.4. The Balaban J connectivity index is 1.92. The average Bonchev–Trinajstić information content (AvgIpc) is 3.07. The van der Waals surface area contributed by atoms with Crippen molar-refractivity contribution in [3.8, 4) is 0 Å². The predicted octanol–water partition coefficient (Wildman–Crippen LogP) is 2.76. The fourth-order valence-electron chi connectivity index (χ4n) is 2.88. The number of carbonyl (C=O) groups is 1. The van der Waals surface area contributed by atoms with Crippen molar-refractivity contribution in [1.82, 2.24) is 10.2 Å². The van der Waals surface area contributed by atoms with Gasteiger partial charge < -0.3 is 4.90 Å². The van der Waals surface area contributed by atoms with Crippen LogP contribution in [0.25, 0.3) is 0 Å². The van der Waals surface area contributed by atoms with Crippen molar-refractivity contribution in [2.45, 2.75) is 71.5 Å². The second kappa shape index (κ2) is 6.05. The molecule has 2 rings (SSSR count). The zero-order chi connectivity index (χ0) is 13.1. The summed E-state index contributed by atoms with van der Waals surface area (Å²) in [6.45, 7) is 7.59. The minimum absolute atomic E-state index is 0.0814. The van der Waals surface area contributed by atoms with E-state index in [2.05, 4.69) is 31.0 Å². The van der Waals surface area contributed by atoms with Crippen LogP contribution in [0, 0.1) is 11.8 Å². The number of nitrogens with one attached hydrogen (secondary N) is 1. The van der Waals surface area contributed by atoms with Crippen molar-refractivity contribution in [2.24, 2.45) is 11.8 Å². The maximum atomic E-state index is 12.4. The maximum Gasteiger partial charge on any atom is 0.241 e. The second-order valence-electron chi connectivity index (χ2n) is 6.42. The monoisotopic (exact) mass is 252 g/mol. The Hall–Kier alpha value is -0.570. The van der Waals surface area contributed by atoms with Gasteiger partial charge in [0.1, 0.15) is 0 Å². The van der Waals surface area contributed by atoms with Crippen LogP contribution >= 0.6 is 0 Å². The lowest BCUT2D eigenvalue weighted by Gasteiger charge is -2.25. The van der Waals surface area contributed by atoms with Gasteiger partial charge in [0.15, 0.2) is 0 Å². The van der Waals surface area contributed by atoms with Crippen molar-refractivity contribution >= 4 is 5.91 Å². The first kappa shape index (κ1) is 13.9. The summed E-state index contributed by atoms with van der Waals surface area (Å²) >= 11 is 0. The first-order chi connectivity index (χ1) is 8.61. The molecule has 1 saturated heterocycles. The lowest BCUT2D eigenvalue weighted by molar-refractivity contribution is -0.130. The Kier molecular flexibility index (Phi) is 4.66. The highest BCUT2D eigenvalue weighted by molar-refractivity contribution is 5.84. The first-order valence-electron chi connectivity index (χ1n) is 7.68. The van der Waals surface area contributed by atoms with E-state index in [1.807, 2.05) is 0 Å². The average molecular weight is 252 g/mol. The van der Waals surface area contributed by atoms with E-state index in [0.717, 1.165) is 31.7 Å². The van der Waals surface area contributed by atoms with Crippen molar-refractivity contribution in [3.05, 3.63) is 0 Å². The van der Waals surface area contributed by atoms with Crippen molar-refractivity contribution < 1.29 is 4.79 Å². The topological polar surface area (TPSA) is 32.3 Å². The Morgan fingerprint density at radius 1 is 1.33 bits per heavy atom. The van der Waals surface area contributed by atoms with Gasteiger partial charge in [-0.25, -0.2) is 0 Å². The van der Waals surface area contributed by atoms with E-state index in [1.165, 1.54) is 19.3 Å². The van der Waals surface area contributed by atoms with Crippen LogP contribution < -0.4 is 5.32 Å². The molecule has 3 heteroatoms. The van der Waals surface area contributed by atoms with Crippen LogP contribution in [0.4, 0.5) is 0 Å². The van der Waals surface area contributed by atoms with E-state index in [1.54, 1.807) is 0 Å². The second-order valence-corrected chi connectivity index (χ2v) is 6.42. The van der Waals surface area contributed by atoms with Crippen LogP contribution in [0.2, 0.25) is 0 Å². The largest absolute Gasteiger partial charge is 0.326 e. The molecule has 0 bridgehead atoms. The number of nitrogens with zero attached hydrogens (tertiary/aromatic N) is 1. The summed E-state index contributed by atoms with van der Waals surface area (Å²) in [6.07, 6.45) is 7.39. The molecule has 1 heterocycles. The smallest absolute Gasteiger partial charge is 0.241 e. The molecule has 2 unspecified atom stereocenters. The molecular weight excluding hydrogens is 224 g/mol. The van der Waals surface area contributed by atoms with E-state index in [9.17, 15) is 4.79 Å². The molecule has 1 amide bonds. The quantitative estimate of drug-likeness (QED) is 0.755. The van der Waals surface area contributed by atoms with Crippen LogP contribution in [0.15, 0.2) is 0 Å². The molecular formula is C15H28N2O. The third-order valence-electron chi connectivity index (χ3n) is 4.10. The molecule has 2 aliphatic rings. The lowest BCUT2D eigenvalue weighted by atomic mass is 10.1. The lowest BCUT2D eigenvalue weighted by Crippen LogP contribution is -2.39. The summed E-state index contributed by atoms with van der Waals surface area (Å²) in [5.74, 6) is 1.89. The predicted molar refractivity (Wildman–Crippen MR) is 74.1 cm³/mol. The van der Waals surface area contributed by atoms with Gasteiger partial charge in [0.2, 0.25) is 5.91 Å². The third kappa shape index (κ3) is 3.47. The number of hydrogen-bond donors (Lipinski definition) is 1. The Labute approximate surface area is 111 Å². The summed E-state index contributed by atoms with van der Waals surface area (Å²) in [5, 5.41) is 3.54. The molecule has 2 atom stereocenters. The van der Waals surface area contributed by atoms with Gasteiger partial charge in [-0.05, 0) is 31.1 Å². The molecule has 18 heavy (non-hydrogen) atoms. The zero-order valence-electron chi connectivity index (χ0n) is 12.1. The van der Waals surface area contributed by atoms with Crippen LogP contribution in [-0.2, 0) is 4.79 Å². The maximum absolute atomic E-state index is 12.4. The Morgan fingerprint density at radius 2 is 2.06 bits per heavy atom. The van der Waals surface area contributed by atoms with Crippen molar-refractivity contribution in [1.29, 1.82) is 0 Å². The molecule has 0 aromatic carbocycles. The van der Waals surface area contributed by atoms with E-state index >= 15 is 0 Å². The van der Waals surface area contributed by atoms with Crippen LogP contribution in [0.3, 0.4) is 0 Å². The SMILES string of the molecule is CCCC1NC(CC(C)C)N(CCC2CC2)C1=O. The third-order valence-corrected chi connectivity index (χ3v) is 4.10. The summed E-state index contributed by atoms with van der Waals surface area (Å²) in [5.41, 5.74) is 0. The summed E-state index contributed by atoms with van der Waals surface area (Å²) in [6, 6.07) is 0.0814. The van der Waals surface area contributed by atoms with Gasteiger partial charge in [-0.2, -0.15) is 0 Å². The molecule has 0 aromatic rings. The first-order valence-corrected chi connectivity index (χ1v) is 7.68. The Morgan fingerprint density at radius 3 is 2.61 bits per heavy atom. The number of hydrogen-bond acceptors (Lipinski definition) is 2. The van der Waals surface area contributed by atoms with Crippen LogP contribution in [0.5, 0.6) is 0 Å². The minimum atomic E-state index is 0.0814. The fourth-order valence-corrected chi connectivity index (χ4v) is 2.88. The van der Waals surface area contributed by atoms with Gasteiger partial charge in [-0.1, -0.05) is 40.0 Å². The van der Waals surface area contributed by atoms with Crippen LogP contribution in [-0.4, -0.2) is 29.6 Å². The fraction of sp³-hybridized carbons (Fsp3) is 0.933. The minimum Gasteiger partial charge on any atom is -0.326 e. The molecule has 1 aliphatic carbocycles. The molecule has 1 aliphatic heterocycles. The van der Waals surface area contributed by atoms with Crippen molar-refractivity contribution in [3.63, 3.8) is 0 Å². The van der Waals surface area contributed by atoms with Gasteiger partial charge in [0.05, 0.1) is 12.2 Å². The molecule has 0 aromatic heterocycles. The zero-order valence-corrected chi connectivity index (χ0v) is 12.1. The molecule has 1 N–H and O–H groups in total. The standard InChI is InChI=1S/C15H28N2O/c1-4-5-13-15(18)17(9-8-12-6-7-12)14(16-13)10-11(2)3/h11-14,16H,4-10H2,1-3H3. The van der Waals surface area contributed by atoms with E-state index in [4.69, 9.17) is 0 Å². The Bertz CT molecular complexity index is 286. The van der Waals surface area contributed by atoms with Gasteiger partial charge in [-0.15, -0.1) is 0 Å². The van der Waals surface area contributed by atoms with Gasteiger partial charge in [0.25, 0.3) is 0 Å². The summed E-state index contributed by atoms with van der Waals surface area (Å²) < 4.78 is 0. The van der Waals surface area contributed by atoms with Gasteiger partial charge in [0, 0.05) is 6.54 Å². The van der Waals surface area contributed by atoms with Gasteiger partial charge >= 0.3 is 0 Å². The number of rotatable bonds is 7. The van der Waals surface area contributed by atoms with E-state index in [-0.39, 0.29) is 12.2 Å². The molecule has 0 spiro atoms. The van der Waals surface area contributed by atoms with Crippen LogP contribution in [0.1, 0.15) is 59.3 Å². The van der Waals surface area contributed by atoms with Crippen molar-refractivity contribution in [2.75, 3.05) is 6.54 Å². The number of carbonyl (C=O) groups excluding carboxylic acids is 1.